The highest BCUT2D eigenvalue weighted by Gasteiger charge is 2.29. The Labute approximate surface area is 139 Å². The molecule has 1 aliphatic heterocycles. The number of rotatable bonds is 1. The van der Waals surface area contributed by atoms with Gasteiger partial charge in [-0.1, -0.05) is 23.7 Å². The molecule has 118 valence electrons. The third kappa shape index (κ3) is 2.27. The van der Waals surface area contributed by atoms with Crippen LogP contribution in [-0.2, 0) is 6.42 Å². The Kier molecular flexibility index (Phi) is 3.43. The second-order valence-electron chi connectivity index (χ2n) is 6.29. The first-order valence-electron chi connectivity index (χ1n) is 7.85. The van der Waals surface area contributed by atoms with E-state index in [0.29, 0.717) is 10.6 Å². The average Bonchev–Trinajstić information content (AvgIpc) is 2.86. The predicted molar refractivity (Wildman–Crippen MR) is 92.7 cm³/mol. The number of aryl methyl sites for hydroxylation is 2. The zero-order valence-corrected chi connectivity index (χ0v) is 13.9. The summed E-state index contributed by atoms with van der Waals surface area (Å²) in [6.45, 7) is 5.04. The number of aromatic nitrogens is 1. The van der Waals surface area contributed by atoms with Crippen molar-refractivity contribution in [3.63, 3.8) is 0 Å². The lowest BCUT2D eigenvalue weighted by Crippen LogP contribution is -2.31. The molecule has 0 saturated heterocycles. The Bertz CT molecular complexity index is 893. The van der Waals surface area contributed by atoms with Gasteiger partial charge >= 0.3 is 0 Å². The normalized spacial score (nSPS) is 17.5. The number of aromatic amines is 1. The van der Waals surface area contributed by atoms with Gasteiger partial charge in [-0.15, -0.1) is 0 Å². The Hall–Kier alpha value is -1.84. The van der Waals surface area contributed by atoms with E-state index in [1.807, 2.05) is 0 Å². The zero-order chi connectivity index (χ0) is 16.1. The molecule has 23 heavy (non-hydrogen) atoms. The lowest BCUT2D eigenvalue weighted by molar-refractivity contribution is 0.523. The smallest absolute Gasteiger partial charge is 0.129 e. The van der Waals surface area contributed by atoms with Crippen LogP contribution >= 0.6 is 11.6 Å². The fourth-order valence-corrected chi connectivity index (χ4v) is 4.08. The highest BCUT2D eigenvalue weighted by Crippen LogP contribution is 2.38. The van der Waals surface area contributed by atoms with Crippen LogP contribution in [0.4, 0.5) is 4.39 Å². The number of halogens is 2. The van der Waals surface area contributed by atoms with E-state index in [9.17, 15) is 4.39 Å². The number of fused-ring (bicyclic) bond motifs is 3. The summed E-state index contributed by atoms with van der Waals surface area (Å²) < 4.78 is 14.4. The van der Waals surface area contributed by atoms with Gasteiger partial charge in [-0.3, -0.25) is 0 Å². The molecule has 3 aromatic rings. The standard InChI is InChI=1S/C19H18ClFN2/c1-10-8-11(2)16-12-6-7-22-19(18(12)23-15(16)9-10)17-13(20)4-3-5-14(17)21/h3-5,8-9,19,22-23H,6-7H2,1-2H3. The zero-order valence-electron chi connectivity index (χ0n) is 13.1. The molecule has 2 nitrogen and oxygen atoms in total. The number of benzene rings is 2. The first kappa shape index (κ1) is 14.7. The molecule has 2 aromatic carbocycles. The number of nitrogens with one attached hydrogen (secondary N) is 2. The minimum Gasteiger partial charge on any atom is -0.357 e. The maximum atomic E-state index is 14.4. The Morgan fingerprint density at radius 2 is 2.04 bits per heavy atom. The Balaban J connectivity index is 1.97. The van der Waals surface area contributed by atoms with E-state index >= 15 is 0 Å². The van der Waals surface area contributed by atoms with Crippen LogP contribution in [0.1, 0.15) is 34.0 Å². The first-order valence-corrected chi connectivity index (χ1v) is 8.23. The van der Waals surface area contributed by atoms with Crippen LogP contribution < -0.4 is 5.32 Å². The Morgan fingerprint density at radius 3 is 2.83 bits per heavy atom. The second kappa shape index (κ2) is 5.36. The summed E-state index contributed by atoms with van der Waals surface area (Å²) in [4.78, 5) is 3.51. The number of hydrogen-bond acceptors (Lipinski definition) is 1. The lowest BCUT2D eigenvalue weighted by atomic mass is 9.92. The summed E-state index contributed by atoms with van der Waals surface area (Å²) in [6, 6.07) is 8.97. The van der Waals surface area contributed by atoms with E-state index in [4.69, 9.17) is 11.6 Å². The molecule has 2 N–H and O–H groups in total. The van der Waals surface area contributed by atoms with Crippen LogP contribution in [0.2, 0.25) is 5.02 Å². The Morgan fingerprint density at radius 1 is 1.22 bits per heavy atom. The van der Waals surface area contributed by atoms with Gasteiger partial charge in [0.05, 0.1) is 6.04 Å². The monoisotopic (exact) mass is 328 g/mol. The van der Waals surface area contributed by atoms with Crippen LogP contribution in [-0.4, -0.2) is 11.5 Å². The average molecular weight is 329 g/mol. The molecule has 0 aliphatic carbocycles. The SMILES string of the molecule is Cc1cc(C)c2c3c([nH]c2c1)C(c1c(F)cccc1Cl)NCC3. The summed E-state index contributed by atoms with van der Waals surface area (Å²) in [7, 11) is 0. The van der Waals surface area contributed by atoms with Crippen LogP contribution in [0.15, 0.2) is 30.3 Å². The molecule has 0 bridgehead atoms. The quantitative estimate of drug-likeness (QED) is 0.659. The van der Waals surface area contributed by atoms with Crippen LogP contribution in [0.3, 0.4) is 0 Å². The molecule has 0 spiro atoms. The number of H-pyrrole nitrogens is 1. The van der Waals surface area contributed by atoms with Gasteiger partial charge in [0.1, 0.15) is 5.82 Å². The van der Waals surface area contributed by atoms with Crippen molar-refractivity contribution in [3.05, 3.63) is 69.1 Å². The maximum Gasteiger partial charge on any atom is 0.129 e. The molecule has 4 heteroatoms. The summed E-state index contributed by atoms with van der Waals surface area (Å²) >= 11 is 6.29. The molecule has 2 heterocycles. The summed E-state index contributed by atoms with van der Waals surface area (Å²) in [6.07, 6.45) is 0.932. The molecule has 0 saturated carbocycles. The van der Waals surface area contributed by atoms with Crippen molar-refractivity contribution in [1.82, 2.24) is 10.3 Å². The van der Waals surface area contributed by atoms with E-state index in [0.717, 1.165) is 24.2 Å². The molecule has 4 rings (SSSR count). The van der Waals surface area contributed by atoms with E-state index in [1.54, 1.807) is 12.1 Å². The first-order chi connectivity index (χ1) is 11.1. The molecule has 1 atom stereocenters. The third-order valence-corrected chi connectivity index (χ3v) is 5.01. The second-order valence-corrected chi connectivity index (χ2v) is 6.70. The largest absolute Gasteiger partial charge is 0.357 e. The predicted octanol–water partition coefficient (Wildman–Crippen LogP) is 4.81. The summed E-state index contributed by atoms with van der Waals surface area (Å²) in [5.74, 6) is -0.269. The van der Waals surface area contributed by atoms with Gasteiger partial charge in [-0.05, 0) is 55.2 Å². The van der Waals surface area contributed by atoms with Crippen LogP contribution in [0.25, 0.3) is 10.9 Å². The van der Waals surface area contributed by atoms with Crippen molar-refractivity contribution in [2.24, 2.45) is 0 Å². The van der Waals surface area contributed by atoms with Gasteiger partial charge in [0.25, 0.3) is 0 Å². The van der Waals surface area contributed by atoms with E-state index in [2.05, 4.69) is 36.3 Å². The highest BCUT2D eigenvalue weighted by molar-refractivity contribution is 6.31. The fraction of sp³-hybridized carbons (Fsp3) is 0.263. The molecular weight excluding hydrogens is 311 g/mol. The van der Waals surface area contributed by atoms with Crippen molar-refractivity contribution in [2.75, 3.05) is 6.54 Å². The molecule has 1 aliphatic rings. The van der Waals surface area contributed by atoms with E-state index in [-0.39, 0.29) is 11.9 Å². The minimum atomic E-state index is -0.269. The van der Waals surface area contributed by atoms with Gasteiger partial charge < -0.3 is 10.3 Å². The summed E-state index contributed by atoms with van der Waals surface area (Å²) in [5.41, 5.74) is 6.44. The van der Waals surface area contributed by atoms with Gasteiger partial charge in [0.2, 0.25) is 0 Å². The highest BCUT2D eigenvalue weighted by atomic mass is 35.5. The fourth-order valence-electron chi connectivity index (χ4n) is 3.80. The van der Waals surface area contributed by atoms with Crippen molar-refractivity contribution in [3.8, 4) is 0 Å². The summed E-state index contributed by atoms with van der Waals surface area (Å²) in [5, 5.41) is 5.14. The van der Waals surface area contributed by atoms with Gasteiger partial charge in [-0.2, -0.15) is 0 Å². The molecule has 1 aromatic heterocycles. The third-order valence-electron chi connectivity index (χ3n) is 4.68. The van der Waals surface area contributed by atoms with Gasteiger partial charge in [0, 0.05) is 33.7 Å². The van der Waals surface area contributed by atoms with E-state index < -0.39 is 0 Å². The van der Waals surface area contributed by atoms with Crippen molar-refractivity contribution in [2.45, 2.75) is 26.3 Å². The molecule has 0 radical (unpaired) electrons. The van der Waals surface area contributed by atoms with Gasteiger partial charge in [0.15, 0.2) is 0 Å². The van der Waals surface area contributed by atoms with Crippen LogP contribution in [0.5, 0.6) is 0 Å². The lowest BCUT2D eigenvalue weighted by Gasteiger charge is -2.26. The van der Waals surface area contributed by atoms with Crippen molar-refractivity contribution in [1.29, 1.82) is 0 Å². The van der Waals surface area contributed by atoms with Gasteiger partial charge in [-0.25, -0.2) is 4.39 Å². The minimum absolute atomic E-state index is 0.237. The van der Waals surface area contributed by atoms with Crippen molar-refractivity contribution >= 4 is 22.5 Å². The molecular formula is C19H18ClFN2. The molecule has 0 fully saturated rings. The van der Waals surface area contributed by atoms with Crippen LogP contribution in [0, 0.1) is 19.7 Å². The number of hydrogen-bond donors (Lipinski definition) is 2. The topological polar surface area (TPSA) is 27.8 Å². The van der Waals surface area contributed by atoms with E-state index in [1.165, 1.54) is 28.1 Å². The molecule has 0 amide bonds. The molecule has 1 unspecified atom stereocenters. The maximum absolute atomic E-state index is 14.4. The van der Waals surface area contributed by atoms with Crippen molar-refractivity contribution < 1.29 is 4.39 Å².